The Bertz CT molecular complexity index is 1060. The highest BCUT2D eigenvalue weighted by Gasteiger charge is 2.35. The van der Waals surface area contributed by atoms with E-state index in [1.165, 1.54) is 4.90 Å². The Morgan fingerprint density at radius 3 is 2.61 bits per heavy atom. The number of anilines is 2. The first-order chi connectivity index (χ1) is 17.4. The van der Waals surface area contributed by atoms with Crippen LogP contribution in [0.1, 0.15) is 43.5 Å². The van der Waals surface area contributed by atoms with E-state index in [0.29, 0.717) is 37.5 Å². The van der Waals surface area contributed by atoms with Gasteiger partial charge in [-0.15, -0.1) is 0 Å². The van der Waals surface area contributed by atoms with Gasteiger partial charge in [-0.2, -0.15) is 0 Å². The van der Waals surface area contributed by atoms with Crippen molar-refractivity contribution < 1.29 is 23.9 Å². The summed E-state index contributed by atoms with van der Waals surface area (Å²) in [5.41, 5.74) is 1.90. The summed E-state index contributed by atoms with van der Waals surface area (Å²) in [4.78, 5) is 53.8. The average molecular weight is 495 g/mol. The van der Waals surface area contributed by atoms with Crippen LogP contribution >= 0.6 is 0 Å². The van der Waals surface area contributed by atoms with Crippen LogP contribution in [0.2, 0.25) is 0 Å². The number of benzene rings is 2. The molecule has 0 spiro atoms. The van der Waals surface area contributed by atoms with Gasteiger partial charge in [0.15, 0.2) is 0 Å². The monoisotopic (exact) mass is 494 g/mol. The summed E-state index contributed by atoms with van der Waals surface area (Å²) in [6, 6.07) is 15.5. The van der Waals surface area contributed by atoms with E-state index >= 15 is 0 Å². The van der Waals surface area contributed by atoms with E-state index < -0.39 is 12.0 Å². The number of hydrogen-bond donors (Lipinski definition) is 2. The molecule has 1 saturated heterocycles. The van der Waals surface area contributed by atoms with Crippen molar-refractivity contribution in [3.05, 3.63) is 60.2 Å². The van der Waals surface area contributed by atoms with Gasteiger partial charge < -0.3 is 25.2 Å². The number of ether oxygens (including phenoxy) is 1. The number of nitrogens with one attached hydrogen (secondary N) is 2. The third kappa shape index (κ3) is 7.07. The Morgan fingerprint density at radius 1 is 1.11 bits per heavy atom. The third-order valence-electron chi connectivity index (χ3n) is 5.95. The number of amides is 3. The maximum atomic E-state index is 13.1. The molecule has 0 saturated carbocycles. The molecule has 9 nitrogen and oxygen atoms in total. The second kappa shape index (κ2) is 13.3. The van der Waals surface area contributed by atoms with Crippen molar-refractivity contribution in [1.82, 2.24) is 10.2 Å². The van der Waals surface area contributed by atoms with E-state index in [2.05, 4.69) is 10.6 Å². The van der Waals surface area contributed by atoms with Gasteiger partial charge in [0.2, 0.25) is 11.8 Å². The van der Waals surface area contributed by atoms with E-state index in [9.17, 15) is 19.2 Å². The Kier molecular flexibility index (Phi) is 9.85. The van der Waals surface area contributed by atoms with Crippen LogP contribution in [0, 0.1) is 0 Å². The number of unbranched alkanes of at least 4 members (excludes halogenated alkanes) is 1. The lowest BCUT2D eigenvalue weighted by molar-refractivity contribution is -0.151. The summed E-state index contributed by atoms with van der Waals surface area (Å²) in [6.45, 7) is 5.26. The normalized spacial score (nSPS) is 15.1. The molecule has 0 bridgehead atoms. The second-order valence-electron chi connectivity index (χ2n) is 8.49. The van der Waals surface area contributed by atoms with Crippen LogP contribution in [-0.4, -0.2) is 67.4 Å². The van der Waals surface area contributed by atoms with Gasteiger partial charge in [-0.25, -0.2) is 0 Å². The van der Waals surface area contributed by atoms with Crippen molar-refractivity contribution >= 4 is 35.1 Å². The quantitative estimate of drug-likeness (QED) is 0.367. The van der Waals surface area contributed by atoms with E-state index in [4.69, 9.17) is 4.74 Å². The van der Waals surface area contributed by atoms with Crippen LogP contribution < -0.4 is 15.5 Å². The fourth-order valence-corrected chi connectivity index (χ4v) is 4.01. The maximum absolute atomic E-state index is 13.1. The third-order valence-corrected chi connectivity index (χ3v) is 5.95. The second-order valence-corrected chi connectivity index (χ2v) is 8.49. The number of hydrogen-bond acceptors (Lipinski definition) is 6. The molecule has 9 heteroatoms. The summed E-state index contributed by atoms with van der Waals surface area (Å²) in [5, 5.41) is 5.76. The van der Waals surface area contributed by atoms with Gasteiger partial charge in [0.1, 0.15) is 6.04 Å². The Labute approximate surface area is 211 Å². The number of piperazine rings is 1. The zero-order valence-electron chi connectivity index (χ0n) is 20.9. The Balaban J connectivity index is 1.63. The smallest absolute Gasteiger partial charge is 0.308 e. The molecule has 1 atom stereocenters. The van der Waals surface area contributed by atoms with Gasteiger partial charge in [0.05, 0.1) is 19.6 Å². The molecule has 3 amide bonds. The summed E-state index contributed by atoms with van der Waals surface area (Å²) in [5.74, 6) is -1.32. The molecule has 192 valence electrons. The highest BCUT2D eigenvalue weighted by Crippen LogP contribution is 2.19. The standard InChI is InChI=1S/C27H34N4O5/c1-3-5-16-36-25(33)18-23-26(34)28-14-15-31(23)24(32)19-29-21-11-9-10-20(17-21)27(35)30(4-2)22-12-7-6-8-13-22/h6-13,17,23,29H,3-5,14-16,18-19H2,1-2H3,(H,28,34). The summed E-state index contributed by atoms with van der Waals surface area (Å²) >= 11 is 0. The molecule has 1 unspecified atom stereocenters. The van der Waals surface area contributed by atoms with E-state index in [-0.39, 0.29) is 30.7 Å². The number of carbonyl (C=O) groups is 4. The van der Waals surface area contributed by atoms with Crippen LogP contribution in [0.4, 0.5) is 11.4 Å². The molecular weight excluding hydrogens is 460 g/mol. The molecule has 2 N–H and O–H groups in total. The average Bonchev–Trinajstić information content (AvgIpc) is 2.90. The Hall–Kier alpha value is -3.88. The molecule has 0 aliphatic carbocycles. The molecule has 1 aliphatic heterocycles. The van der Waals surface area contributed by atoms with Gasteiger partial charge in [-0.3, -0.25) is 19.2 Å². The summed E-state index contributed by atoms with van der Waals surface area (Å²) in [7, 11) is 0. The zero-order valence-corrected chi connectivity index (χ0v) is 20.9. The molecule has 0 aromatic heterocycles. The van der Waals surface area contributed by atoms with Crippen LogP contribution in [0.3, 0.4) is 0 Å². The fourth-order valence-electron chi connectivity index (χ4n) is 4.01. The van der Waals surface area contributed by atoms with Crippen molar-refractivity contribution in [3.63, 3.8) is 0 Å². The topological polar surface area (TPSA) is 108 Å². The Morgan fingerprint density at radius 2 is 1.89 bits per heavy atom. The largest absolute Gasteiger partial charge is 0.466 e. The minimum Gasteiger partial charge on any atom is -0.466 e. The van der Waals surface area contributed by atoms with Crippen molar-refractivity contribution in [1.29, 1.82) is 0 Å². The minimum atomic E-state index is -0.904. The van der Waals surface area contributed by atoms with Gasteiger partial charge in [0.25, 0.3) is 5.91 Å². The van der Waals surface area contributed by atoms with E-state index in [1.807, 2.05) is 44.2 Å². The van der Waals surface area contributed by atoms with Crippen molar-refractivity contribution in [2.24, 2.45) is 0 Å². The van der Waals surface area contributed by atoms with E-state index in [1.54, 1.807) is 29.2 Å². The molecule has 36 heavy (non-hydrogen) atoms. The number of para-hydroxylation sites is 1. The van der Waals surface area contributed by atoms with Gasteiger partial charge in [-0.1, -0.05) is 37.6 Å². The van der Waals surface area contributed by atoms with Crippen molar-refractivity contribution in [2.75, 3.05) is 43.0 Å². The lowest BCUT2D eigenvalue weighted by Gasteiger charge is -2.34. The number of nitrogens with zero attached hydrogens (tertiary/aromatic N) is 2. The molecule has 3 rings (SSSR count). The molecular formula is C27H34N4O5. The number of esters is 1. The minimum absolute atomic E-state index is 0.0809. The number of carbonyl (C=O) groups excluding carboxylic acids is 4. The van der Waals surface area contributed by atoms with Gasteiger partial charge in [0, 0.05) is 36.6 Å². The molecule has 1 fully saturated rings. The van der Waals surface area contributed by atoms with Crippen molar-refractivity contribution in [2.45, 2.75) is 39.2 Å². The van der Waals surface area contributed by atoms with Crippen LogP contribution in [0.25, 0.3) is 0 Å². The maximum Gasteiger partial charge on any atom is 0.308 e. The van der Waals surface area contributed by atoms with Crippen LogP contribution in [-0.2, 0) is 19.1 Å². The van der Waals surface area contributed by atoms with Crippen LogP contribution in [0.15, 0.2) is 54.6 Å². The molecule has 2 aromatic carbocycles. The first-order valence-electron chi connectivity index (χ1n) is 12.4. The van der Waals surface area contributed by atoms with Gasteiger partial charge >= 0.3 is 5.97 Å². The predicted molar refractivity (Wildman–Crippen MR) is 138 cm³/mol. The predicted octanol–water partition coefficient (Wildman–Crippen LogP) is 2.83. The van der Waals surface area contributed by atoms with Crippen LogP contribution in [0.5, 0.6) is 0 Å². The lowest BCUT2D eigenvalue weighted by Crippen LogP contribution is -2.58. The summed E-state index contributed by atoms with van der Waals surface area (Å²) < 4.78 is 5.18. The van der Waals surface area contributed by atoms with Gasteiger partial charge in [-0.05, 0) is 43.7 Å². The molecule has 1 heterocycles. The first kappa shape index (κ1) is 26.7. The number of rotatable bonds is 11. The molecule has 1 aliphatic rings. The first-order valence-corrected chi connectivity index (χ1v) is 12.4. The zero-order chi connectivity index (χ0) is 25.9. The highest BCUT2D eigenvalue weighted by atomic mass is 16.5. The summed E-state index contributed by atoms with van der Waals surface area (Å²) in [6.07, 6.45) is 1.46. The fraction of sp³-hybridized carbons (Fsp3) is 0.407. The molecule has 2 aromatic rings. The lowest BCUT2D eigenvalue weighted by atomic mass is 10.1. The SMILES string of the molecule is CCCCOC(=O)CC1C(=O)NCCN1C(=O)CNc1cccc(C(=O)N(CC)c2ccccc2)c1. The molecule has 0 radical (unpaired) electrons. The highest BCUT2D eigenvalue weighted by molar-refractivity contribution is 6.06. The van der Waals surface area contributed by atoms with Crippen molar-refractivity contribution in [3.8, 4) is 0 Å². The van der Waals surface area contributed by atoms with E-state index in [0.717, 1.165) is 18.5 Å².